The number of morpholine rings is 1. The fourth-order valence-electron chi connectivity index (χ4n) is 1.65. The molecule has 0 saturated carbocycles. The second-order valence-electron chi connectivity index (χ2n) is 3.67. The summed E-state index contributed by atoms with van der Waals surface area (Å²) < 4.78 is 10.0. The Hall–Kier alpha value is -1.60. The van der Waals surface area contributed by atoms with Gasteiger partial charge in [0, 0.05) is 6.54 Å². The fourth-order valence-corrected chi connectivity index (χ4v) is 1.86. The molecular formula is C10H12ClN3O4. The molecule has 1 unspecified atom stereocenters. The van der Waals surface area contributed by atoms with E-state index in [9.17, 15) is 4.79 Å². The van der Waals surface area contributed by atoms with Crippen LogP contribution in [-0.2, 0) is 9.53 Å². The predicted octanol–water partition coefficient (Wildman–Crippen LogP) is 0.428. The summed E-state index contributed by atoms with van der Waals surface area (Å²) in [4.78, 5) is 20.6. The molecule has 2 heterocycles. The van der Waals surface area contributed by atoms with Gasteiger partial charge in [-0.15, -0.1) is 0 Å². The molecule has 0 amide bonds. The summed E-state index contributed by atoms with van der Waals surface area (Å²) in [5.41, 5.74) is 0. The van der Waals surface area contributed by atoms with Crippen LogP contribution >= 0.6 is 11.6 Å². The maximum atomic E-state index is 10.9. The van der Waals surface area contributed by atoms with E-state index in [1.165, 1.54) is 13.3 Å². The number of nitrogens with zero attached hydrogens (tertiary/aromatic N) is 3. The Labute approximate surface area is 108 Å². The van der Waals surface area contributed by atoms with Crippen molar-refractivity contribution in [3.63, 3.8) is 0 Å². The minimum absolute atomic E-state index is 0.188. The Morgan fingerprint density at radius 2 is 2.50 bits per heavy atom. The first-order valence-corrected chi connectivity index (χ1v) is 5.65. The Balaban J connectivity index is 2.22. The summed E-state index contributed by atoms with van der Waals surface area (Å²) in [6.07, 6.45) is 0.546. The molecule has 18 heavy (non-hydrogen) atoms. The second kappa shape index (κ2) is 5.36. The first kappa shape index (κ1) is 12.8. The average molecular weight is 274 g/mol. The van der Waals surface area contributed by atoms with Crippen LogP contribution < -0.4 is 9.64 Å². The number of hydrogen-bond donors (Lipinski definition) is 1. The number of carboxylic acids is 1. The van der Waals surface area contributed by atoms with Crippen LogP contribution in [0.1, 0.15) is 0 Å². The predicted molar refractivity (Wildman–Crippen MR) is 63.2 cm³/mol. The van der Waals surface area contributed by atoms with Gasteiger partial charge in [-0.2, -0.15) is 4.98 Å². The van der Waals surface area contributed by atoms with Crippen LogP contribution in [0, 0.1) is 0 Å². The molecule has 1 atom stereocenters. The average Bonchev–Trinajstić information content (AvgIpc) is 2.39. The van der Waals surface area contributed by atoms with Crippen molar-refractivity contribution in [3.8, 4) is 6.01 Å². The number of aliphatic carboxylic acids is 1. The van der Waals surface area contributed by atoms with E-state index >= 15 is 0 Å². The van der Waals surface area contributed by atoms with Crippen LogP contribution in [0.5, 0.6) is 6.01 Å². The molecule has 1 aromatic rings. The van der Waals surface area contributed by atoms with Crippen molar-refractivity contribution in [3.05, 3.63) is 11.2 Å². The summed E-state index contributed by atoms with van der Waals surface area (Å²) in [5, 5.41) is 9.28. The van der Waals surface area contributed by atoms with Crippen molar-refractivity contribution < 1.29 is 19.4 Å². The molecule has 1 saturated heterocycles. The monoisotopic (exact) mass is 273 g/mol. The minimum atomic E-state index is -1.00. The van der Waals surface area contributed by atoms with Gasteiger partial charge in [-0.25, -0.2) is 9.78 Å². The zero-order valence-corrected chi connectivity index (χ0v) is 10.4. The van der Waals surface area contributed by atoms with Crippen LogP contribution in [-0.4, -0.2) is 54.0 Å². The molecule has 7 nitrogen and oxygen atoms in total. The molecule has 1 aliphatic rings. The number of methoxy groups -OCH3 is 1. The third kappa shape index (κ3) is 2.62. The van der Waals surface area contributed by atoms with Gasteiger partial charge < -0.3 is 19.5 Å². The van der Waals surface area contributed by atoms with Crippen LogP contribution in [0.15, 0.2) is 6.20 Å². The number of ether oxygens (including phenoxy) is 2. The normalized spacial score (nSPS) is 19.7. The molecule has 0 radical (unpaired) electrons. The zero-order valence-electron chi connectivity index (χ0n) is 9.67. The number of rotatable bonds is 3. The minimum Gasteiger partial charge on any atom is -0.479 e. The summed E-state index contributed by atoms with van der Waals surface area (Å²) in [7, 11) is 1.45. The quantitative estimate of drug-likeness (QED) is 0.855. The first-order valence-electron chi connectivity index (χ1n) is 5.27. The molecule has 0 aliphatic carbocycles. The van der Waals surface area contributed by atoms with Gasteiger partial charge in [0.15, 0.2) is 11.9 Å². The molecule has 1 fully saturated rings. The van der Waals surface area contributed by atoms with E-state index in [4.69, 9.17) is 26.2 Å². The van der Waals surface area contributed by atoms with Crippen LogP contribution in [0.25, 0.3) is 0 Å². The number of aromatic nitrogens is 2. The zero-order chi connectivity index (χ0) is 13.1. The van der Waals surface area contributed by atoms with Crippen LogP contribution in [0.3, 0.4) is 0 Å². The topological polar surface area (TPSA) is 84.8 Å². The maximum absolute atomic E-state index is 10.9. The van der Waals surface area contributed by atoms with Crippen molar-refractivity contribution in [1.82, 2.24) is 9.97 Å². The highest BCUT2D eigenvalue weighted by Gasteiger charge is 2.28. The molecule has 0 bridgehead atoms. The maximum Gasteiger partial charge on any atom is 0.334 e. The van der Waals surface area contributed by atoms with E-state index < -0.39 is 12.1 Å². The standard InChI is InChI=1S/C10H12ClN3O4/c1-17-10-12-4-6(11)8(13-10)14-2-3-18-7(5-14)9(15)16/h4,7H,2-3,5H2,1H3,(H,15,16). The lowest BCUT2D eigenvalue weighted by atomic mass is 10.2. The van der Waals surface area contributed by atoms with E-state index in [1.54, 1.807) is 4.90 Å². The first-order chi connectivity index (χ1) is 8.61. The van der Waals surface area contributed by atoms with E-state index in [1.807, 2.05) is 0 Å². The van der Waals surface area contributed by atoms with Crippen molar-refractivity contribution in [2.45, 2.75) is 6.10 Å². The van der Waals surface area contributed by atoms with Gasteiger partial charge in [-0.1, -0.05) is 11.6 Å². The summed E-state index contributed by atoms with van der Waals surface area (Å²) >= 11 is 6.00. The fraction of sp³-hybridized carbons (Fsp3) is 0.500. The van der Waals surface area contributed by atoms with Gasteiger partial charge in [-0.3, -0.25) is 0 Å². The summed E-state index contributed by atoms with van der Waals surface area (Å²) in [6, 6.07) is 0.188. The van der Waals surface area contributed by atoms with Gasteiger partial charge in [0.2, 0.25) is 0 Å². The highest BCUT2D eigenvalue weighted by molar-refractivity contribution is 6.32. The van der Waals surface area contributed by atoms with E-state index in [2.05, 4.69) is 9.97 Å². The van der Waals surface area contributed by atoms with Gasteiger partial charge in [0.1, 0.15) is 5.02 Å². The Morgan fingerprint density at radius 3 is 3.17 bits per heavy atom. The molecular weight excluding hydrogens is 262 g/mol. The second-order valence-corrected chi connectivity index (χ2v) is 4.08. The number of anilines is 1. The molecule has 1 aliphatic heterocycles. The summed E-state index contributed by atoms with van der Waals surface area (Å²) in [5.74, 6) is -0.546. The number of carbonyl (C=O) groups is 1. The lowest BCUT2D eigenvalue weighted by Gasteiger charge is -2.32. The van der Waals surface area contributed by atoms with E-state index in [-0.39, 0.29) is 12.6 Å². The Kier molecular flexibility index (Phi) is 3.83. The van der Waals surface area contributed by atoms with Crippen molar-refractivity contribution in [1.29, 1.82) is 0 Å². The molecule has 0 aromatic carbocycles. The summed E-state index contributed by atoms with van der Waals surface area (Å²) in [6.45, 7) is 1.01. The van der Waals surface area contributed by atoms with Crippen molar-refractivity contribution in [2.75, 3.05) is 31.7 Å². The van der Waals surface area contributed by atoms with Gasteiger partial charge in [0.25, 0.3) is 0 Å². The van der Waals surface area contributed by atoms with Gasteiger partial charge in [0.05, 0.1) is 26.5 Å². The molecule has 2 rings (SSSR count). The third-order valence-corrected chi connectivity index (χ3v) is 2.79. The smallest absolute Gasteiger partial charge is 0.334 e. The van der Waals surface area contributed by atoms with Crippen molar-refractivity contribution in [2.24, 2.45) is 0 Å². The number of hydrogen-bond acceptors (Lipinski definition) is 6. The number of carboxylic acid groups (broad SMARTS) is 1. The Bertz CT molecular complexity index is 457. The number of halogens is 1. The SMILES string of the molecule is COc1ncc(Cl)c(N2CCOC(C(=O)O)C2)n1. The molecule has 98 valence electrons. The van der Waals surface area contributed by atoms with Gasteiger partial charge in [-0.05, 0) is 0 Å². The third-order valence-electron chi connectivity index (χ3n) is 2.53. The molecule has 1 N–H and O–H groups in total. The van der Waals surface area contributed by atoms with Crippen LogP contribution in [0.4, 0.5) is 5.82 Å². The Morgan fingerprint density at radius 1 is 1.72 bits per heavy atom. The van der Waals surface area contributed by atoms with Crippen molar-refractivity contribution >= 4 is 23.4 Å². The highest BCUT2D eigenvalue weighted by atomic mass is 35.5. The van der Waals surface area contributed by atoms with E-state index in [0.29, 0.717) is 24.0 Å². The van der Waals surface area contributed by atoms with Crippen LogP contribution in [0.2, 0.25) is 5.02 Å². The highest BCUT2D eigenvalue weighted by Crippen LogP contribution is 2.25. The lowest BCUT2D eigenvalue weighted by molar-refractivity contribution is -0.150. The molecule has 1 aromatic heterocycles. The lowest BCUT2D eigenvalue weighted by Crippen LogP contribution is -2.46. The molecule has 8 heteroatoms. The molecule has 0 spiro atoms. The largest absolute Gasteiger partial charge is 0.479 e. The van der Waals surface area contributed by atoms with Gasteiger partial charge >= 0.3 is 12.0 Å². The van der Waals surface area contributed by atoms with E-state index in [0.717, 1.165) is 0 Å².